The molecule has 2 aromatic carbocycles. The van der Waals surface area contributed by atoms with Crippen LogP contribution in [0.3, 0.4) is 0 Å². The highest BCUT2D eigenvalue weighted by molar-refractivity contribution is 9.10. The summed E-state index contributed by atoms with van der Waals surface area (Å²) >= 11 is 3.45. The van der Waals surface area contributed by atoms with Gasteiger partial charge in [-0.1, -0.05) is 58.4 Å². The Balaban J connectivity index is 1.74. The van der Waals surface area contributed by atoms with Gasteiger partial charge in [0.25, 0.3) is 0 Å². The molecule has 6 heteroatoms. The number of rotatable bonds is 3. The summed E-state index contributed by atoms with van der Waals surface area (Å²) in [5, 5.41) is 14.6. The average molecular weight is 429 g/mol. The summed E-state index contributed by atoms with van der Waals surface area (Å²) in [4.78, 5) is 27.3. The van der Waals surface area contributed by atoms with Crippen molar-refractivity contribution < 1.29 is 14.7 Å². The van der Waals surface area contributed by atoms with E-state index < -0.39 is 17.7 Å². The predicted octanol–water partition coefficient (Wildman–Crippen LogP) is 3.77. The fourth-order valence-corrected chi connectivity index (χ4v) is 4.68. The summed E-state index contributed by atoms with van der Waals surface area (Å²) < 4.78 is 0.868. The summed E-state index contributed by atoms with van der Waals surface area (Å²) in [5.41, 5.74) is 0.245. The average Bonchev–Trinajstić information content (AvgIpc) is 2.65. The van der Waals surface area contributed by atoms with Crippen LogP contribution in [0.25, 0.3) is 0 Å². The Bertz CT molecular complexity index is 873. The van der Waals surface area contributed by atoms with Crippen molar-refractivity contribution in [3.8, 4) is 0 Å². The van der Waals surface area contributed by atoms with E-state index in [0.717, 1.165) is 15.6 Å². The Hall–Kier alpha value is -2.18. The van der Waals surface area contributed by atoms with E-state index >= 15 is 0 Å². The van der Waals surface area contributed by atoms with Crippen molar-refractivity contribution in [3.63, 3.8) is 0 Å². The normalized spacial score (nSPS) is 27.9. The number of hydrogen-bond acceptors (Lipinski definition) is 3. The van der Waals surface area contributed by atoms with Gasteiger partial charge in [0.2, 0.25) is 0 Å². The summed E-state index contributed by atoms with van der Waals surface area (Å²) in [6, 6.07) is 16.2. The molecule has 0 spiro atoms. The minimum atomic E-state index is -1.49. The number of fused-ring (bicyclic) bond motifs is 1. The minimum Gasteiger partial charge on any atom is -0.370 e. The molecular weight excluding hydrogens is 408 g/mol. The number of ketones is 1. The lowest BCUT2D eigenvalue weighted by Crippen LogP contribution is -2.69. The first-order valence-corrected chi connectivity index (χ1v) is 9.91. The van der Waals surface area contributed by atoms with Crippen LogP contribution in [0.15, 0.2) is 59.1 Å². The molecule has 2 fully saturated rings. The number of nitrogens with zero attached hydrogens (tertiary/aromatic N) is 1. The molecular formula is C21H21BrN2O3. The third-order valence-electron chi connectivity index (χ3n) is 5.53. The van der Waals surface area contributed by atoms with Crippen LogP contribution in [0, 0.1) is 5.92 Å². The molecule has 1 saturated carbocycles. The SMILES string of the molecule is O=C1CCC[C@]2(O)[C@H]1[C@@H](c1cccc(Br)c1)NC(=O)N2Cc1ccccc1. The molecule has 5 nitrogen and oxygen atoms in total. The molecule has 0 unspecified atom stereocenters. The van der Waals surface area contributed by atoms with E-state index in [9.17, 15) is 14.7 Å². The molecule has 0 aromatic heterocycles. The van der Waals surface area contributed by atoms with E-state index in [-0.39, 0.29) is 18.4 Å². The number of aliphatic hydroxyl groups is 1. The number of hydrogen-bond donors (Lipinski definition) is 2. The van der Waals surface area contributed by atoms with Crippen molar-refractivity contribution in [3.05, 3.63) is 70.2 Å². The van der Waals surface area contributed by atoms with Gasteiger partial charge in [-0.2, -0.15) is 0 Å². The van der Waals surface area contributed by atoms with E-state index in [1.54, 1.807) is 0 Å². The molecule has 1 aliphatic carbocycles. The Kier molecular flexibility index (Phi) is 4.78. The van der Waals surface area contributed by atoms with Gasteiger partial charge in [-0.25, -0.2) is 4.79 Å². The third kappa shape index (κ3) is 3.28. The number of Topliss-reactive ketones (excluding diaryl/α,β-unsaturated/α-hetero) is 1. The van der Waals surface area contributed by atoms with Crippen molar-refractivity contribution in [1.29, 1.82) is 0 Å². The molecule has 2 aliphatic rings. The van der Waals surface area contributed by atoms with Crippen molar-refractivity contribution in [2.45, 2.75) is 37.6 Å². The van der Waals surface area contributed by atoms with Gasteiger partial charge in [0.1, 0.15) is 5.78 Å². The largest absolute Gasteiger partial charge is 0.370 e. The summed E-state index contributed by atoms with van der Waals surface area (Å²) in [5.74, 6) is -0.700. The maximum absolute atomic E-state index is 13.0. The third-order valence-corrected chi connectivity index (χ3v) is 6.02. The number of nitrogens with one attached hydrogen (secondary N) is 1. The number of carbonyl (C=O) groups is 2. The second kappa shape index (κ2) is 7.09. The van der Waals surface area contributed by atoms with Crippen LogP contribution in [-0.2, 0) is 11.3 Å². The molecule has 3 atom stereocenters. The van der Waals surface area contributed by atoms with Crippen molar-refractivity contribution in [2.75, 3.05) is 0 Å². The van der Waals surface area contributed by atoms with Crippen LogP contribution in [0.5, 0.6) is 0 Å². The van der Waals surface area contributed by atoms with Crippen molar-refractivity contribution in [2.24, 2.45) is 5.92 Å². The number of amides is 2. The molecule has 27 heavy (non-hydrogen) atoms. The van der Waals surface area contributed by atoms with E-state index in [0.29, 0.717) is 19.3 Å². The summed E-state index contributed by atoms with van der Waals surface area (Å²) in [6.45, 7) is 0.262. The molecule has 0 bridgehead atoms. The van der Waals surface area contributed by atoms with E-state index in [1.165, 1.54) is 4.90 Å². The molecule has 140 valence electrons. The lowest BCUT2D eigenvalue weighted by atomic mass is 9.71. The first kappa shape index (κ1) is 18.2. The molecule has 2 aromatic rings. The number of halogens is 1. The Labute approximate surface area is 166 Å². The van der Waals surface area contributed by atoms with Crippen LogP contribution in [-0.4, -0.2) is 27.5 Å². The predicted molar refractivity (Wildman–Crippen MR) is 105 cm³/mol. The highest BCUT2D eigenvalue weighted by Crippen LogP contribution is 2.45. The zero-order valence-corrected chi connectivity index (χ0v) is 16.4. The molecule has 0 radical (unpaired) electrons. The van der Waals surface area contributed by atoms with Crippen LogP contribution in [0.2, 0.25) is 0 Å². The van der Waals surface area contributed by atoms with Crippen LogP contribution in [0.4, 0.5) is 4.79 Å². The number of carbonyl (C=O) groups excluding carboxylic acids is 2. The quantitative estimate of drug-likeness (QED) is 0.781. The van der Waals surface area contributed by atoms with Gasteiger partial charge < -0.3 is 10.4 Å². The Morgan fingerprint density at radius 1 is 1.15 bits per heavy atom. The van der Waals surface area contributed by atoms with Crippen molar-refractivity contribution in [1.82, 2.24) is 10.2 Å². The fourth-order valence-electron chi connectivity index (χ4n) is 4.27. The van der Waals surface area contributed by atoms with E-state index in [2.05, 4.69) is 21.2 Å². The molecule has 1 heterocycles. The van der Waals surface area contributed by atoms with Gasteiger partial charge in [0.05, 0.1) is 18.5 Å². The topological polar surface area (TPSA) is 69.6 Å². The van der Waals surface area contributed by atoms with Gasteiger partial charge in [-0.05, 0) is 36.1 Å². The van der Waals surface area contributed by atoms with Crippen LogP contribution >= 0.6 is 15.9 Å². The molecule has 2 N–H and O–H groups in total. The lowest BCUT2D eigenvalue weighted by Gasteiger charge is -2.53. The minimum absolute atomic E-state index is 0.00760. The Morgan fingerprint density at radius 2 is 1.93 bits per heavy atom. The standard InChI is InChI=1S/C21H21BrN2O3/c22-16-9-4-8-15(12-16)19-18-17(25)10-5-11-21(18,27)24(20(26)23-19)13-14-6-2-1-3-7-14/h1-4,6-9,12,18-19,27H,5,10-11,13H2,(H,23,26)/t18-,19-,21+/m1/s1. The summed E-state index contributed by atoms with van der Waals surface area (Å²) in [6.07, 6.45) is 1.40. The van der Waals surface area contributed by atoms with Crippen molar-refractivity contribution >= 4 is 27.7 Å². The Morgan fingerprint density at radius 3 is 2.67 bits per heavy atom. The zero-order chi connectivity index (χ0) is 19.0. The fraction of sp³-hybridized carbons (Fsp3) is 0.333. The van der Waals surface area contributed by atoms with E-state index in [1.807, 2.05) is 54.6 Å². The number of urea groups is 1. The maximum Gasteiger partial charge on any atom is 0.320 e. The van der Waals surface area contributed by atoms with E-state index in [4.69, 9.17) is 0 Å². The monoisotopic (exact) mass is 428 g/mol. The van der Waals surface area contributed by atoms with Gasteiger partial charge >= 0.3 is 6.03 Å². The first-order valence-electron chi connectivity index (χ1n) is 9.12. The van der Waals surface area contributed by atoms with Gasteiger partial charge in [-0.15, -0.1) is 0 Å². The molecule has 2 amide bonds. The molecule has 1 saturated heterocycles. The zero-order valence-electron chi connectivity index (χ0n) is 14.8. The second-order valence-electron chi connectivity index (χ2n) is 7.23. The lowest BCUT2D eigenvalue weighted by molar-refractivity contribution is -0.180. The first-order chi connectivity index (χ1) is 13.0. The highest BCUT2D eigenvalue weighted by atomic mass is 79.9. The van der Waals surface area contributed by atoms with Gasteiger partial charge in [-0.3, -0.25) is 9.69 Å². The smallest absolute Gasteiger partial charge is 0.320 e. The highest BCUT2D eigenvalue weighted by Gasteiger charge is 2.57. The molecule has 1 aliphatic heterocycles. The summed E-state index contributed by atoms with van der Waals surface area (Å²) in [7, 11) is 0. The second-order valence-corrected chi connectivity index (χ2v) is 8.15. The van der Waals surface area contributed by atoms with Gasteiger partial charge in [0, 0.05) is 10.9 Å². The van der Waals surface area contributed by atoms with Crippen LogP contribution in [0.1, 0.15) is 36.4 Å². The maximum atomic E-state index is 13.0. The van der Waals surface area contributed by atoms with Crippen LogP contribution < -0.4 is 5.32 Å². The molecule has 4 rings (SSSR count). The number of benzene rings is 2. The van der Waals surface area contributed by atoms with Gasteiger partial charge in [0.15, 0.2) is 5.72 Å².